The standard InChI is InChI=1S/C19H30Br2S2/c1-14(2)6-5-7-15(3)8-9-23-19-11-16(12-20)18(22-4)10-17(19)13-21/h10-11,14-15H,5-9,12-13H2,1-4H3. The first-order chi connectivity index (χ1) is 11.0. The molecule has 4 heteroatoms. The number of hydrogen-bond donors (Lipinski definition) is 0. The molecule has 0 saturated carbocycles. The monoisotopic (exact) mass is 480 g/mol. The summed E-state index contributed by atoms with van der Waals surface area (Å²) in [6.45, 7) is 7.05. The summed E-state index contributed by atoms with van der Waals surface area (Å²) in [5, 5.41) is 1.88. The second-order valence-electron chi connectivity index (χ2n) is 6.61. The summed E-state index contributed by atoms with van der Waals surface area (Å²) >= 11 is 11.1. The second-order valence-corrected chi connectivity index (χ2v) is 9.71. The molecule has 0 saturated heterocycles. The zero-order valence-corrected chi connectivity index (χ0v) is 19.6. The Morgan fingerprint density at radius 3 is 2.09 bits per heavy atom. The van der Waals surface area contributed by atoms with E-state index in [0.29, 0.717) is 0 Å². The molecule has 1 unspecified atom stereocenters. The van der Waals surface area contributed by atoms with Gasteiger partial charge in [-0.3, -0.25) is 0 Å². The Labute approximate surface area is 168 Å². The van der Waals surface area contributed by atoms with Crippen LogP contribution < -0.4 is 0 Å². The Morgan fingerprint density at radius 2 is 1.52 bits per heavy atom. The fraction of sp³-hybridized carbons (Fsp3) is 0.684. The van der Waals surface area contributed by atoms with Crippen molar-refractivity contribution in [1.29, 1.82) is 0 Å². The topological polar surface area (TPSA) is 0 Å². The lowest BCUT2D eigenvalue weighted by molar-refractivity contribution is 0.451. The summed E-state index contributed by atoms with van der Waals surface area (Å²) in [6.07, 6.45) is 7.61. The highest BCUT2D eigenvalue weighted by Crippen LogP contribution is 2.34. The van der Waals surface area contributed by atoms with E-state index in [2.05, 4.69) is 71.0 Å². The van der Waals surface area contributed by atoms with Gasteiger partial charge in [0.1, 0.15) is 0 Å². The molecular formula is C19H30Br2S2. The fourth-order valence-corrected chi connectivity index (χ4v) is 5.80. The first-order valence-corrected chi connectivity index (χ1v) is 12.9. The second kappa shape index (κ2) is 12.3. The van der Waals surface area contributed by atoms with Crippen molar-refractivity contribution < 1.29 is 0 Å². The average molecular weight is 482 g/mol. The lowest BCUT2D eigenvalue weighted by Gasteiger charge is -2.15. The molecule has 0 aromatic heterocycles. The normalized spacial score (nSPS) is 12.8. The molecule has 0 nitrogen and oxygen atoms in total. The lowest BCUT2D eigenvalue weighted by atomic mass is 9.98. The van der Waals surface area contributed by atoms with E-state index in [9.17, 15) is 0 Å². The summed E-state index contributed by atoms with van der Waals surface area (Å²) in [7, 11) is 0. The van der Waals surface area contributed by atoms with E-state index in [0.717, 1.165) is 22.5 Å². The van der Waals surface area contributed by atoms with Crippen LogP contribution >= 0.6 is 55.4 Å². The highest BCUT2D eigenvalue weighted by Gasteiger charge is 2.10. The van der Waals surface area contributed by atoms with E-state index >= 15 is 0 Å². The molecule has 0 amide bonds. The maximum Gasteiger partial charge on any atom is 0.0294 e. The van der Waals surface area contributed by atoms with Crippen LogP contribution in [0.4, 0.5) is 0 Å². The number of rotatable bonds is 11. The zero-order valence-electron chi connectivity index (χ0n) is 14.8. The largest absolute Gasteiger partial charge is 0.129 e. The van der Waals surface area contributed by atoms with Crippen LogP contribution in [0, 0.1) is 11.8 Å². The highest BCUT2D eigenvalue weighted by atomic mass is 79.9. The molecule has 1 aromatic carbocycles. The molecule has 1 rings (SSSR count). The molecule has 0 heterocycles. The SMILES string of the molecule is CSc1cc(CBr)c(SCCC(C)CCCC(C)C)cc1CBr. The maximum absolute atomic E-state index is 3.65. The summed E-state index contributed by atoms with van der Waals surface area (Å²) in [4.78, 5) is 2.84. The predicted octanol–water partition coefficient (Wildman–Crippen LogP) is 8.14. The van der Waals surface area contributed by atoms with Gasteiger partial charge in [-0.05, 0) is 53.5 Å². The third-order valence-electron chi connectivity index (χ3n) is 4.10. The van der Waals surface area contributed by atoms with Crippen LogP contribution in [0.15, 0.2) is 21.9 Å². The van der Waals surface area contributed by atoms with Crippen molar-refractivity contribution in [2.75, 3.05) is 12.0 Å². The van der Waals surface area contributed by atoms with Gasteiger partial charge in [0.2, 0.25) is 0 Å². The summed E-state index contributed by atoms with van der Waals surface area (Å²) in [5.41, 5.74) is 2.84. The Bertz CT molecular complexity index is 461. The molecule has 0 radical (unpaired) electrons. The van der Waals surface area contributed by atoms with Crippen molar-refractivity contribution in [2.24, 2.45) is 11.8 Å². The van der Waals surface area contributed by atoms with Gasteiger partial charge in [0.15, 0.2) is 0 Å². The molecule has 1 aromatic rings. The quantitative estimate of drug-likeness (QED) is 0.231. The third kappa shape index (κ3) is 8.20. The minimum absolute atomic E-state index is 0.842. The van der Waals surface area contributed by atoms with E-state index in [4.69, 9.17) is 0 Å². The van der Waals surface area contributed by atoms with Gasteiger partial charge in [-0.1, -0.05) is 71.9 Å². The number of alkyl halides is 2. The van der Waals surface area contributed by atoms with Crippen molar-refractivity contribution in [3.05, 3.63) is 23.3 Å². The van der Waals surface area contributed by atoms with Gasteiger partial charge in [0, 0.05) is 20.5 Å². The minimum atomic E-state index is 0.842. The van der Waals surface area contributed by atoms with Gasteiger partial charge in [-0.15, -0.1) is 23.5 Å². The smallest absolute Gasteiger partial charge is 0.0294 e. The van der Waals surface area contributed by atoms with Crippen LogP contribution in [0.1, 0.15) is 57.6 Å². The Hall–Kier alpha value is 0.880. The van der Waals surface area contributed by atoms with Crippen LogP contribution in [-0.4, -0.2) is 12.0 Å². The van der Waals surface area contributed by atoms with E-state index in [1.807, 2.05) is 23.5 Å². The number of benzene rings is 1. The average Bonchev–Trinajstić information content (AvgIpc) is 2.53. The van der Waals surface area contributed by atoms with Crippen molar-refractivity contribution in [3.63, 3.8) is 0 Å². The van der Waals surface area contributed by atoms with E-state index in [1.54, 1.807) is 0 Å². The van der Waals surface area contributed by atoms with Crippen LogP contribution in [-0.2, 0) is 10.7 Å². The van der Waals surface area contributed by atoms with Crippen LogP contribution in [0.5, 0.6) is 0 Å². The molecule has 0 aliphatic rings. The van der Waals surface area contributed by atoms with Crippen molar-refractivity contribution in [3.8, 4) is 0 Å². The van der Waals surface area contributed by atoms with Crippen LogP contribution in [0.25, 0.3) is 0 Å². The highest BCUT2D eigenvalue weighted by molar-refractivity contribution is 9.08. The van der Waals surface area contributed by atoms with Crippen molar-refractivity contribution in [1.82, 2.24) is 0 Å². The van der Waals surface area contributed by atoms with E-state index in [1.165, 1.54) is 52.4 Å². The van der Waals surface area contributed by atoms with E-state index in [-0.39, 0.29) is 0 Å². The molecule has 0 spiro atoms. The Morgan fingerprint density at radius 1 is 0.913 bits per heavy atom. The van der Waals surface area contributed by atoms with Gasteiger partial charge in [0.25, 0.3) is 0 Å². The first-order valence-electron chi connectivity index (χ1n) is 8.46. The van der Waals surface area contributed by atoms with Crippen molar-refractivity contribution in [2.45, 2.75) is 66.9 Å². The van der Waals surface area contributed by atoms with Gasteiger partial charge in [-0.2, -0.15) is 0 Å². The van der Waals surface area contributed by atoms with Gasteiger partial charge in [-0.25, -0.2) is 0 Å². The van der Waals surface area contributed by atoms with Crippen LogP contribution in [0.3, 0.4) is 0 Å². The number of halogens is 2. The zero-order chi connectivity index (χ0) is 17.2. The molecule has 132 valence electrons. The third-order valence-corrected chi connectivity index (χ3v) is 7.26. The molecular weight excluding hydrogens is 452 g/mol. The van der Waals surface area contributed by atoms with Gasteiger partial charge >= 0.3 is 0 Å². The van der Waals surface area contributed by atoms with Gasteiger partial charge in [0.05, 0.1) is 0 Å². The molecule has 0 aliphatic heterocycles. The molecule has 0 aliphatic carbocycles. The Balaban J connectivity index is 2.53. The molecule has 0 N–H and O–H groups in total. The number of thioether (sulfide) groups is 2. The molecule has 23 heavy (non-hydrogen) atoms. The molecule has 0 fully saturated rings. The van der Waals surface area contributed by atoms with E-state index < -0.39 is 0 Å². The molecule has 1 atom stereocenters. The maximum atomic E-state index is 3.65. The minimum Gasteiger partial charge on any atom is -0.129 e. The summed E-state index contributed by atoms with van der Waals surface area (Å²) in [6, 6.07) is 4.73. The summed E-state index contributed by atoms with van der Waals surface area (Å²) in [5.74, 6) is 2.91. The fourth-order valence-electron chi connectivity index (χ4n) is 2.57. The summed E-state index contributed by atoms with van der Waals surface area (Å²) < 4.78 is 0. The van der Waals surface area contributed by atoms with Gasteiger partial charge < -0.3 is 0 Å². The number of hydrogen-bond acceptors (Lipinski definition) is 2. The lowest BCUT2D eigenvalue weighted by Crippen LogP contribution is -1.99. The van der Waals surface area contributed by atoms with Crippen LogP contribution in [0.2, 0.25) is 0 Å². The Kier molecular flexibility index (Phi) is 11.7. The predicted molar refractivity (Wildman–Crippen MR) is 117 cm³/mol. The molecule has 0 bridgehead atoms. The van der Waals surface area contributed by atoms with Crippen molar-refractivity contribution >= 4 is 55.4 Å². The first kappa shape index (κ1) is 21.9.